The predicted molar refractivity (Wildman–Crippen MR) is 234 cm³/mol. The molecule has 0 spiro atoms. The second kappa shape index (κ2) is 14.6. The van der Waals surface area contributed by atoms with Gasteiger partial charge in [-0.1, -0.05) is 98.4 Å². The third kappa shape index (κ3) is 6.21. The molecule has 4 heterocycles. The summed E-state index contributed by atoms with van der Waals surface area (Å²) in [5.41, 5.74) is 11.8. The average Bonchev–Trinajstić information content (AvgIpc) is 3.89. The number of ether oxygens (including phenoxy) is 1. The zero-order chi connectivity index (χ0) is 38.8. The fourth-order valence-electron chi connectivity index (χ4n) is 8.15. The minimum Gasteiger partial charge on any atom is -0.509 e. The van der Waals surface area contributed by atoms with Crippen molar-refractivity contribution in [3.63, 3.8) is 0 Å². The van der Waals surface area contributed by atoms with E-state index in [1.165, 1.54) is 5.56 Å². The number of aromatic nitrogens is 3. The Hall–Kier alpha value is -6.33. The van der Waals surface area contributed by atoms with Crippen LogP contribution >= 0.6 is 0 Å². The Kier molecular flexibility index (Phi) is 9.35. The standard InChI is InChI=1S/C50H41N6O.Pd/c1-50(2,3)41-21-10-12-23-43(41)54-33-53(44-24-13-14-25-45(44)54)36-18-15-19-37(30-36)57-38-26-27-40-46(32-38)56(47-31-35(52(4)5)28-29-51-47)49-39-20-9-11-22-42(39)55(48(40)49)34-16-7-6-8-17-34;/h6-29,31,33H,1-5H3;/q-3;. The van der Waals surface area contributed by atoms with Crippen molar-refractivity contribution in [1.29, 1.82) is 0 Å². The van der Waals surface area contributed by atoms with Crippen LogP contribution in [-0.2, 0) is 25.8 Å². The molecule has 0 radical (unpaired) electrons. The van der Waals surface area contributed by atoms with Crippen molar-refractivity contribution in [3.05, 3.63) is 176 Å². The van der Waals surface area contributed by atoms with Crippen LogP contribution in [0.4, 0.5) is 28.4 Å². The number of benzene rings is 6. The van der Waals surface area contributed by atoms with Crippen LogP contribution in [0.15, 0.2) is 152 Å². The van der Waals surface area contributed by atoms with E-state index >= 15 is 0 Å². The topological polar surface area (TPSA) is 41.7 Å². The summed E-state index contributed by atoms with van der Waals surface area (Å²) in [4.78, 5) is 11.5. The number of hydrogen-bond acceptors (Lipinski definition) is 5. The van der Waals surface area contributed by atoms with E-state index in [-0.39, 0.29) is 25.8 Å². The van der Waals surface area contributed by atoms with Crippen molar-refractivity contribution in [2.75, 3.05) is 28.8 Å². The number of fused-ring (bicyclic) bond motifs is 6. The van der Waals surface area contributed by atoms with Crippen molar-refractivity contribution >= 4 is 61.3 Å². The van der Waals surface area contributed by atoms with Gasteiger partial charge in [-0.3, -0.25) is 0 Å². The van der Waals surface area contributed by atoms with Gasteiger partial charge in [-0.2, -0.15) is 12.1 Å². The first-order valence-corrected chi connectivity index (χ1v) is 19.3. The van der Waals surface area contributed by atoms with Crippen LogP contribution in [0.5, 0.6) is 11.5 Å². The van der Waals surface area contributed by atoms with Gasteiger partial charge >= 0.3 is 0 Å². The Bertz CT molecular complexity index is 2960. The number of pyridine rings is 1. The molecular weight excluding hydrogens is 807 g/mol. The first-order valence-electron chi connectivity index (χ1n) is 19.3. The molecule has 290 valence electrons. The van der Waals surface area contributed by atoms with E-state index in [9.17, 15) is 0 Å². The van der Waals surface area contributed by atoms with E-state index in [1.54, 1.807) is 0 Å². The molecule has 1 aliphatic rings. The summed E-state index contributed by atoms with van der Waals surface area (Å²) < 4.78 is 11.2. The van der Waals surface area contributed by atoms with Crippen molar-refractivity contribution in [1.82, 2.24) is 14.1 Å². The fraction of sp³-hybridized carbons (Fsp3) is 0.120. The Morgan fingerprint density at radius 3 is 2.07 bits per heavy atom. The molecule has 6 aromatic carbocycles. The molecule has 9 aromatic rings. The quantitative estimate of drug-likeness (QED) is 0.118. The monoisotopic (exact) mass is 847 g/mol. The molecule has 0 saturated heterocycles. The minimum absolute atomic E-state index is 0. The summed E-state index contributed by atoms with van der Waals surface area (Å²) in [6.45, 7) is 8.93. The Labute approximate surface area is 353 Å². The van der Waals surface area contributed by atoms with E-state index < -0.39 is 0 Å². The van der Waals surface area contributed by atoms with Gasteiger partial charge in [-0.05, 0) is 53.4 Å². The molecule has 0 aliphatic carbocycles. The number of rotatable bonds is 7. The molecule has 58 heavy (non-hydrogen) atoms. The first kappa shape index (κ1) is 37.3. The third-order valence-electron chi connectivity index (χ3n) is 10.8. The average molecular weight is 848 g/mol. The molecule has 7 nitrogen and oxygen atoms in total. The van der Waals surface area contributed by atoms with E-state index in [1.807, 2.05) is 44.6 Å². The summed E-state index contributed by atoms with van der Waals surface area (Å²) in [6, 6.07) is 57.9. The van der Waals surface area contributed by atoms with Crippen molar-refractivity contribution < 1.29 is 25.2 Å². The number of hydrogen-bond donors (Lipinski definition) is 0. The maximum absolute atomic E-state index is 6.66. The maximum atomic E-state index is 6.66. The SMILES string of the molecule is CN(C)c1ccnc(-n2c3[c-]c(Oc4[c-]c(N5[CH-]N(c6ccccc6C(C)(C)C)c6ccccc65)ccc4)ccc3c3c2c2ccccc2n3-c2ccccc2)c1.[Pd]. The summed E-state index contributed by atoms with van der Waals surface area (Å²) in [5, 5.41) is 2.17. The molecule has 0 atom stereocenters. The van der Waals surface area contributed by atoms with Gasteiger partial charge in [0.05, 0.1) is 11.0 Å². The van der Waals surface area contributed by atoms with Crippen LogP contribution in [0.1, 0.15) is 26.3 Å². The van der Waals surface area contributed by atoms with Gasteiger partial charge in [0, 0.05) is 97.6 Å². The molecule has 0 N–H and O–H groups in total. The molecule has 0 amide bonds. The normalized spacial score (nSPS) is 12.6. The van der Waals surface area contributed by atoms with E-state index in [4.69, 9.17) is 9.72 Å². The molecule has 10 rings (SSSR count). The third-order valence-corrected chi connectivity index (χ3v) is 10.8. The van der Waals surface area contributed by atoms with E-state index in [2.05, 4.69) is 185 Å². The zero-order valence-electron chi connectivity index (χ0n) is 32.9. The van der Waals surface area contributed by atoms with Gasteiger partial charge in [-0.25, -0.2) is 4.98 Å². The van der Waals surface area contributed by atoms with E-state index in [0.29, 0.717) is 11.5 Å². The predicted octanol–water partition coefficient (Wildman–Crippen LogP) is 12.3. The molecule has 0 saturated carbocycles. The molecular formula is C50H41N6OPd-3. The number of anilines is 5. The summed E-state index contributed by atoms with van der Waals surface area (Å²) in [6.07, 6.45) is 1.87. The largest absolute Gasteiger partial charge is 0.509 e. The van der Waals surface area contributed by atoms with Crippen LogP contribution in [0, 0.1) is 18.8 Å². The van der Waals surface area contributed by atoms with Gasteiger partial charge in [0.25, 0.3) is 0 Å². The summed E-state index contributed by atoms with van der Waals surface area (Å²) in [7, 11) is 4.10. The van der Waals surface area contributed by atoms with Crippen molar-refractivity contribution in [3.8, 4) is 23.0 Å². The molecule has 0 bridgehead atoms. The minimum atomic E-state index is -0.0291. The Morgan fingerprint density at radius 1 is 0.621 bits per heavy atom. The van der Waals surface area contributed by atoms with Gasteiger partial charge < -0.3 is 28.6 Å². The van der Waals surface area contributed by atoms with Crippen LogP contribution < -0.4 is 19.4 Å². The van der Waals surface area contributed by atoms with Gasteiger partial charge in [0.1, 0.15) is 5.82 Å². The van der Waals surface area contributed by atoms with Gasteiger partial charge in [0.2, 0.25) is 0 Å². The van der Waals surface area contributed by atoms with Crippen LogP contribution in [0.2, 0.25) is 0 Å². The first-order chi connectivity index (χ1) is 27.7. The molecule has 0 unspecified atom stereocenters. The molecule has 3 aromatic heterocycles. The smallest absolute Gasteiger partial charge is 0.137 e. The van der Waals surface area contributed by atoms with Crippen molar-refractivity contribution in [2.45, 2.75) is 26.2 Å². The number of para-hydroxylation sites is 5. The zero-order valence-corrected chi connectivity index (χ0v) is 34.5. The van der Waals surface area contributed by atoms with Gasteiger partial charge in [-0.15, -0.1) is 42.7 Å². The maximum Gasteiger partial charge on any atom is 0.137 e. The summed E-state index contributed by atoms with van der Waals surface area (Å²) in [5.74, 6) is 1.99. The fourth-order valence-corrected chi connectivity index (χ4v) is 8.15. The van der Waals surface area contributed by atoms with E-state index in [0.717, 1.165) is 72.8 Å². The molecule has 8 heteroatoms. The second-order valence-corrected chi connectivity index (χ2v) is 15.7. The summed E-state index contributed by atoms with van der Waals surface area (Å²) >= 11 is 0. The molecule has 0 fully saturated rings. The Balaban J connectivity index is 0.00000436. The van der Waals surface area contributed by atoms with Crippen LogP contribution in [0.3, 0.4) is 0 Å². The van der Waals surface area contributed by atoms with Crippen LogP contribution in [-0.4, -0.2) is 28.2 Å². The second-order valence-electron chi connectivity index (χ2n) is 15.7. The van der Waals surface area contributed by atoms with Crippen molar-refractivity contribution in [2.24, 2.45) is 0 Å². The number of nitrogens with zero attached hydrogens (tertiary/aromatic N) is 6. The molecule has 1 aliphatic heterocycles. The van der Waals surface area contributed by atoms with Crippen LogP contribution in [0.25, 0.3) is 44.3 Å². The van der Waals surface area contributed by atoms with Gasteiger partial charge in [0.15, 0.2) is 0 Å². The Morgan fingerprint density at radius 2 is 1.29 bits per heavy atom.